The van der Waals surface area contributed by atoms with Gasteiger partial charge in [0.15, 0.2) is 0 Å². The van der Waals surface area contributed by atoms with E-state index in [1.807, 2.05) is 0 Å². The van der Waals surface area contributed by atoms with Crippen molar-refractivity contribution in [1.82, 2.24) is 9.97 Å². The van der Waals surface area contributed by atoms with Crippen LogP contribution < -0.4 is 10.0 Å². The first kappa shape index (κ1) is 21.2. The molecule has 0 saturated heterocycles. The second-order valence-corrected chi connectivity index (χ2v) is 9.81. The van der Waals surface area contributed by atoms with E-state index in [9.17, 15) is 13.2 Å². The number of carbonyl (C=O) groups excluding carboxylic acids is 1. The summed E-state index contributed by atoms with van der Waals surface area (Å²) in [5.74, 6) is 1.38. The van der Waals surface area contributed by atoms with Crippen LogP contribution in [0.25, 0.3) is 0 Å². The summed E-state index contributed by atoms with van der Waals surface area (Å²) < 4.78 is 27.2. The van der Waals surface area contributed by atoms with Crippen molar-refractivity contribution < 1.29 is 13.2 Å². The molecule has 1 aromatic carbocycles. The van der Waals surface area contributed by atoms with Gasteiger partial charge in [0.2, 0.25) is 11.9 Å². The minimum atomic E-state index is -3.79. The number of nitrogens with one attached hydrogen (secondary N) is 2. The lowest BCUT2D eigenvalue weighted by Gasteiger charge is -2.36. The van der Waals surface area contributed by atoms with E-state index >= 15 is 0 Å². The van der Waals surface area contributed by atoms with Gasteiger partial charge in [0, 0.05) is 24.0 Å². The summed E-state index contributed by atoms with van der Waals surface area (Å²) >= 11 is 0. The molecule has 1 fully saturated rings. The molecular weight excluding hydrogens is 388 g/mol. The Kier molecular flexibility index (Phi) is 6.52. The SMILES string of the molecule is CC1CCC(C(C)C)C(C(=O)Nc2ccc(S(=O)(=O)Nc3ncccn3)cc2)C1. The third-order valence-electron chi connectivity index (χ3n) is 5.58. The Hall–Kier alpha value is -2.48. The highest BCUT2D eigenvalue weighted by molar-refractivity contribution is 7.92. The molecule has 1 aliphatic rings. The Labute approximate surface area is 172 Å². The molecule has 0 spiro atoms. The molecule has 1 aromatic heterocycles. The minimum absolute atomic E-state index is 0.0102. The molecule has 3 atom stereocenters. The molecule has 0 bridgehead atoms. The summed E-state index contributed by atoms with van der Waals surface area (Å²) in [5, 5.41) is 2.97. The highest BCUT2D eigenvalue weighted by Gasteiger charge is 2.35. The Balaban J connectivity index is 1.69. The van der Waals surface area contributed by atoms with Gasteiger partial charge in [0.1, 0.15) is 0 Å². The van der Waals surface area contributed by atoms with Gasteiger partial charge in [-0.15, -0.1) is 0 Å². The largest absolute Gasteiger partial charge is 0.326 e. The zero-order valence-corrected chi connectivity index (χ0v) is 17.8. The summed E-state index contributed by atoms with van der Waals surface area (Å²) in [6.07, 6.45) is 6.04. The maximum Gasteiger partial charge on any atom is 0.264 e. The molecule has 7 nitrogen and oxygen atoms in total. The maximum absolute atomic E-state index is 12.9. The molecule has 1 aliphatic carbocycles. The van der Waals surface area contributed by atoms with Crippen molar-refractivity contribution in [2.75, 3.05) is 10.0 Å². The average molecular weight is 417 g/mol. The quantitative estimate of drug-likeness (QED) is 0.743. The van der Waals surface area contributed by atoms with Crippen LogP contribution in [0.1, 0.15) is 40.0 Å². The van der Waals surface area contributed by atoms with Gasteiger partial charge in [0.25, 0.3) is 10.0 Å². The van der Waals surface area contributed by atoms with Crippen LogP contribution in [0.3, 0.4) is 0 Å². The molecule has 3 unspecified atom stereocenters. The van der Waals surface area contributed by atoms with E-state index in [4.69, 9.17) is 0 Å². The van der Waals surface area contributed by atoms with E-state index in [1.165, 1.54) is 24.5 Å². The van der Waals surface area contributed by atoms with Crippen molar-refractivity contribution in [3.05, 3.63) is 42.7 Å². The van der Waals surface area contributed by atoms with Crippen molar-refractivity contribution in [3.8, 4) is 0 Å². The molecule has 3 rings (SSSR count). The molecule has 8 heteroatoms. The fourth-order valence-electron chi connectivity index (χ4n) is 3.99. The van der Waals surface area contributed by atoms with Crippen molar-refractivity contribution in [2.45, 2.75) is 44.9 Å². The lowest BCUT2D eigenvalue weighted by molar-refractivity contribution is -0.123. The first-order valence-corrected chi connectivity index (χ1v) is 11.5. The first-order chi connectivity index (χ1) is 13.8. The molecule has 2 N–H and O–H groups in total. The van der Waals surface area contributed by atoms with Crippen LogP contribution in [-0.2, 0) is 14.8 Å². The molecule has 2 aromatic rings. The van der Waals surface area contributed by atoms with Gasteiger partial charge < -0.3 is 5.32 Å². The topological polar surface area (TPSA) is 101 Å². The van der Waals surface area contributed by atoms with Crippen LogP contribution in [0.5, 0.6) is 0 Å². The predicted octanol–water partition coefficient (Wildman–Crippen LogP) is 3.92. The van der Waals surface area contributed by atoms with E-state index in [0.29, 0.717) is 23.4 Å². The van der Waals surface area contributed by atoms with Crippen LogP contribution in [0.4, 0.5) is 11.6 Å². The second-order valence-electron chi connectivity index (χ2n) is 8.12. The zero-order valence-electron chi connectivity index (χ0n) is 17.0. The number of rotatable bonds is 6. The van der Waals surface area contributed by atoms with Gasteiger partial charge in [-0.2, -0.15) is 0 Å². The number of nitrogens with zero attached hydrogens (tertiary/aromatic N) is 2. The molecule has 1 amide bonds. The van der Waals surface area contributed by atoms with Gasteiger partial charge in [0.05, 0.1) is 4.90 Å². The molecule has 29 heavy (non-hydrogen) atoms. The Bertz CT molecular complexity index is 930. The van der Waals surface area contributed by atoms with Crippen molar-refractivity contribution in [3.63, 3.8) is 0 Å². The second kappa shape index (κ2) is 8.90. The summed E-state index contributed by atoms with van der Waals surface area (Å²) in [4.78, 5) is 20.7. The highest BCUT2D eigenvalue weighted by atomic mass is 32.2. The fraction of sp³-hybridized carbons (Fsp3) is 0.476. The fourth-order valence-corrected chi connectivity index (χ4v) is 4.94. The number of carbonyl (C=O) groups is 1. The minimum Gasteiger partial charge on any atom is -0.326 e. The Morgan fingerprint density at radius 3 is 2.38 bits per heavy atom. The smallest absolute Gasteiger partial charge is 0.264 e. The summed E-state index contributed by atoms with van der Waals surface area (Å²) in [6, 6.07) is 7.74. The third-order valence-corrected chi connectivity index (χ3v) is 6.93. The predicted molar refractivity (Wildman–Crippen MR) is 113 cm³/mol. The molecule has 0 aliphatic heterocycles. The molecule has 1 heterocycles. The van der Waals surface area contributed by atoms with Gasteiger partial charge in [-0.3, -0.25) is 4.79 Å². The summed E-state index contributed by atoms with van der Waals surface area (Å²) in [6.45, 7) is 6.54. The summed E-state index contributed by atoms with van der Waals surface area (Å²) in [7, 11) is -3.79. The van der Waals surface area contributed by atoms with Crippen LogP contribution >= 0.6 is 0 Å². The number of aromatic nitrogens is 2. The number of hydrogen-bond donors (Lipinski definition) is 2. The van der Waals surface area contributed by atoms with Crippen molar-refractivity contribution in [1.29, 1.82) is 0 Å². The molecule has 156 valence electrons. The van der Waals surface area contributed by atoms with Crippen LogP contribution in [0.2, 0.25) is 0 Å². The van der Waals surface area contributed by atoms with Crippen LogP contribution in [-0.4, -0.2) is 24.3 Å². The summed E-state index contributed by atoms with van der Waals surface area (Å²) in [5.41, 5.74) is 0.589. The standard InChI is InChI=1S/C21H28N4O3S/c1-14(2)18-10-5-15(3)13-19(18)20(26)24-16-6-8-17(9-7-16)29(27,28)25-21-22-11-4-12-23-21/h4,6-9,11-12,14-15,18-19H,5,10,13H2,1-3H3,(H,24,26)(H,22,23,25). The highest BCUT2D eigenvalue weighted by Crippen LogP contribution is 2.38. The lowest BCUT2D eigenvalue weighted by Crippen LogP contribution is -2.36. The first-order valence-electron chi connectivity index (χ1n) is 9.97. The van der Waals surface area contributed by atoms with Crippen molar-refractivity contribution >= 4 is 27.6 Å². The zero-order chi connectivity index (χ0) is 21.0. The molecule has 1 saturated carbocycles. The normalized spacial score (nSPS) is 22.3. The van der Waals surface area contributed by atoms with E-state index in [2.05, 4.69) is 40.8 Å². The van der Waals surface area contributed by atoms with Crippen molar-refractivity contribution in [2.24, 2.45) is 23.7 Å². The molecular formula is C21H28N4O3S. The van der Waals surface area contributed by atoms with E-state index in [-0.39, 0.29) is 22.7 Å². The number of sulfonamides is 1. The van der Waals surface area contributed by atoms with Gasteiger partial charge in [-0.05, 0) is 60.9 Å². The van der Waals surface area contributed by atoms with E-state index < -0.39 is 10.0 Å². The number of anilines is 2. The van der Waals surface area contributed by atoms with Crippen LogP contribution in [0.15, 0.2) is 47.6 Å². The maximum atomic E-state index is 12.9. The Morgan fingerprint density at radius 2 is 1.76 bits per heavy atom. The van der Waals surface area contributed by atoms with E-state index in [1.54, 1.807) is 18.2 Å². The third kappa shape index (κ3) is 5.32. The average Bonchev–Trinajstić information content (AvgIpc) is 2.68. The number of hydrogen-bond acceptors (Lipinski definition) is 5. The number of benzene rings is 1. The molecule has 0 radical (unpaired) electrons. The van der Waals surface area contributed by atoms with Gasteiger partial charge in [-0.1, -0.05) is 27.2 Å². The van der Waals surface area contributed by atoms with Gasteiger partial charge in [-0.25, -0.2) is 23.1 Å². The van der Waals surface area contributed by atoms with Gasteiger partial charge >= 0.3 is 0 Å². The Morgan fingerprint density at radius 1 is 1.10 bits per heavy atom. The van der Waals surface area contributed by atoms with E-state index in [0.717, 1.165) is 19.3 Å². The lowest BCUT2D eigenvalue weighted by atomic mass is 9.70. The monoisotopic (exact) mass is 416 g/mol. The van der Waals surface area contributed by atoms with Crippen LogP contribution in [0, 0.1) is 23.7 Å². The number of amides is 1.